The fourth-order valence-electron chi connectivity index (χ4n) is 2.44. The van der Waals surface area contributed by atoms with Gasteiger partial charge in [0.15, 0.2) is 4.96 Å². The molecule has 0 aliphatic heterocycles. The molecule has 28 heavy (non-hydrogen) atoms. The van der Waals surface area contributed by atoms with E-state index in [1.807, 2.05) is 0 Å². The minimum atomic E-state index is -4.57. The van der Waals surface area contributed by atoms with Gasteiger partial charge in [-0.3, -0.25) is 14.0 Å². The topological polar surface area (TPSA) is 75.5 Å². The fraction of sp³-hybridized carbons (Fsp3) is 0.235. The van der Waals surface area contributed by atoms with Gasteiger partial charge < -0.3 is 10.6 Å². The van der Waals surface area contributed by atoms with Crippen molar-refractivity contribution in [3.05, 3.63) is 62.8 Å². The summed E-state index contributed by atoms with van der Waals surface area (Å²) in [6.45, 7) is 0.0101. The number of hydrogen-bond acceptors (Lipinski definition) is 5. The summed E-state index contributed by atoms with van der Waals surface area (Å²) < 4.78 is 52.2. The molecule has 0 saturated heterocycles. The molecule has 6 nitrogen and oxygen atoms in total. The molecule has 2 N–H and O–H groups in total. The first-order valence-corrected chi connectivity index (χ1v) is 8.87. The maximum Gasteiger partial charge on any atom is 0.405 e. The second kappa shape index (κ2) is 7.58. The van der Waals surface area contributed by atoms with Gasteiger partial charge in [-0.05, 0) is 19.1 Å². The van der Waals surface area contributed by atoms with Crippen molar-refractivity contribution >= 4 is 27.9 Å². The zero-order valence-electron chi connectivity index (χ0n) is 14.4. The quantitative estimate of drug-likeness (QED) is 0.629. The lowest BCUT2D eigenvalue weighted by atomic mass is 10.1. The van der Waals surface area contributed by atoms with Crippen LogP contribution in [-0.2, 0) is 6.54 Å². The van der Waals surface area contributed by atoms with E-state index in [1.54, 1.807) is 16.9 Å². The Balaban J connectivity index is 1.80. The Bertz CT molecular complexity index is 1090. The van der Waals surface area contributed by atoms with Crippen LogP contribution in [0.4, 0.5) is 23.2 Å². The van der Waals surface area contributed by atoms with Crippen LogP contribution < -0.4 is 16.2 Å². The third-order valence-electron chi connectivity index (χ3n) is 3.87. The van der Waals surface area contributed by atoms with E-state index in [9.17, 15) is 27.2 Å². The molecule has 1 aromatic carbocycles. The molecule has 0 fully saturated rings. The Hall–Kier alpha value is -2.95. The molecule has 0 bridgehead atoms. The number of benzene rings is 1. The lowest BCUT2D eigenvalue weighted by Crippen LogP contribution is -2.33. The molecule has 0 atom stereocenters. The van der Waals surface area contributed by atoms with Crippen molar-refractivity contribution < 1.29 is 22.4 Å². The highest BCUT2D eigenvalue weighted by molar-refractivity contribution is 7.15. The first-order valence-electron chi connectivity index (χ1n) is 7.99. The Labute approximate surface area is 159 Å². The number of aromatic nitrogens is 2. The second-order valence-corrected chi connectivity index (χ2v) is 6.80. The number of anilines is 1. The molecule has 1 amide bonds. The van der Waals surface area contributed by atoms with Gasteiger partial charge in [-0.15, -0.1) is 11.3 Å². The summed E-state index contributed by atoms with van der Waals surface area (Å²) in [6, 6.07) is 3.44. The summed E-state index contributed by atoms with van der Waals surface area (Å²) in [5.41, 5.74) is 0.272. The molecule has 0 spiro atoms. The highest BCUT2D eigenvalue weighted by Crippen LogP contribution is 2.22. The molecule has 2 heterocycles. The van der Waals surface area contributed by atoms with Crippen molar-refractivity contribution in [1.82, 2.24) is 14.7 Å². The summed E-state index contributed by atoms with van der Waals surface area (Å²) in [5, 5.41) is 6.28. The van der Waals surface area contributed by atoms with Gasteiger partial charge in [-0.1, -0.05) is 0 Å². The van der Waals surface area contributed by atoms with E-state index in [-0.39, 0.29) is 28.9 Å². The molecule has 3 rings (SSSR count). The Kier molecular flexibility index (Phi) is 5.36. The minimum Gasteiger partial charge on any atom is -0.379 e. The van der Waals surface area contributed by atoms with Crippen LogP contribution in [0, 0.1) is 12.7 Å². The summed E-state index contributed by atoms with van der Waals surface area (Å²) in [7, 11) is 0. The molecular weight excluding hydrogens is 400 g/mol. The van der Waals surface area contributed by atoms with E-state index in [1.165, 1.54) is 34.8 Å². The average Bonchev–Trinajstić information content (AvgIpc) is 3.09. The summed E-state index contributed by atoms with van der Waals surface area (Å²) in [6.07, 6.45) is -2.98. The zero-order valence-corrected chi connectivity index (χ0v) is 15.2. The van der Waals surface area contributed by atoms with Gasteiger partial charge in [-0.2, -0.15) is 13.2 Å². The number of carbonyl (C=O) groups is 1. The predicted molar refractivity (Wildman–Crippen MR) is 96.2 cm³/mol. The number of hydrogen-bond donors (Lipinski definition) is 2. The zero-order chi connectivity index (χ0) is 20.5. The van der Waals surface area contributed by atoms with Crippen LogP contribution in [0.25, 0.3) is 4.96 Å². The van der Waals surface area contributed by atoms with Gasteiger partial charge in [0.1, 0.15) is 12.4 Å². The SMILES string of the molecule is Cc1c(F)cc(C(=O)NCC(F)(F)F)cc1NCc1cc(=O)n2ccsc2n1. The lowest BCUT2D eigenvalue weighted by molar-refractivity contribution is -0.123. The number of fused-ring (bicyclic) bond motifs is 1. The van der Waals surface area contributed by atoms with E-state index in [0.717, 1.165) is 6.07 Å². The molecule has 0 aliphatic carbocycles. The first-order chi connectivity index (χ1) is 13.1. The maximum absolute atomic E-state index is 14.1. The number of thiazole rings is 1. The molecule has 0 saturated carbocycles. The van der Waals surface area contributed by atoms with Crippen molar-refractivity contribution in [1.29, 1.82) is 0 Å². The molecule has 0 radical (unpaired) electrons. The molecule has 148 valence electrons. The molecule has 11 heteroatoms. The largest absolute Gasteiger partial charge is 0.405 e. The van der Waals surface area contributed by atoms with Crippen LogP contribution in [0.15, 0.2) is 34.6 Å². The molecule has 3 aromatic rings. The highest BCUT2D eigenvalue weighted by Gasteiger charge is 2.28. The van der Waals surface area contributed by atoms with Gasteiger partial charge in [0, 0.05) is 34.5 Å². The van der Waals surface area contributed by atoms with E-state index in [2.05, 4.69) is 10.3 Å². The smallest absolute Gasteiger partial charge is 0.379 e. The third-order valence-corrected chi connectivity index (χ3v) is 4.63. The van der Waals surface area contributed by atoms with Crippen molar-refractivity contribution in [3.8, 4) is 0 Å². The number of amides is 1. The molecule has 0 unspecified atom stereocenters. The monoisotopic (exact) mass is 414 g/mol. The predicted octanol–water partition coefficient (Wildman–Crippen LogP) is 3.11. The summed E-state index contributed by atoms with van der Waals surface area (Å²) in [5.74, 6) is -1.79. The van der Waals surface area contributed by atoms with E-state index in [0.29, 0.717) is 10.7 Å². The maximum atomic E-state index is 14.1. The van der Waals surface area contributed by atoms with Crippen LogP contribution in [-0.4, -0.2) is 28.0 Å². The van der Waals surface area contributed by atoms with E-state index >= 15 is 0 Å². The average molecular weight is 414 g/mol. The van der Waals surface area contributed by atoms with Crippen molar-refractivity contribution in [2.24, 2.45) is 0 Å². The third kappa shape index (κ3) is 4.47. The van der Waals surface area contributed by atoms with Crippen LogP contribution in [0.1, 0.15) is 21.6 Å². The first kappa shape index (κ1) is 19.8. The van der Waals surface area contributed by atoms with E-state index in [4.69, 9.17) is 0 Å². The van der Waals surface area contributed by atoms with Crippen LogP contribution in [0.5, 0.6) is 0 Å². The number of nitrogens with one attached hydrogen (secondary N) is 2. The number of nitrogens with zero attached hydrogens (tertiary/aromatic N) is 2. The molecule has 0 aliphatic rings. The number of alkyl halides is 3. The Morgan fingerprint density at radius 1 is 1.29 bits per heavy atom. The van der Waals surface area contributed by atoms with E-state index < -0.39 is 24.4 Å². The number of halogens is 4. The van der Waals surface area contributed by atoms with Gasteiger partial charge in [0.05, 0.1) is 12.2 Å². The molecule has 2 aromatic heterocycles. The summed E-state index contributed by atoms with van der Waals surface area (Å²) >= 11 is 1.28. The van der Waals surface area contributed by atoms with Gasteiger partial charge in [0.2, 0.25) is 0 Å². The van der Waals surface area contributed by atoms with Gasteiger partial charge in [-0.25, -0.2) is 9.37 Å². The lowest BCUT2D eigenvalue weighted by Gasteiger charge is -2.13. The molecular formula is C17H14F4N4O2S. The normalized spacial score (nSPS) is 11.6. The van der Waals surface area contributed by atoms with Crippen molar-refractivity contribution in [3.63, 3.8) is 0 Å². The van der Waals surface area contributed by atoms with Crippen molar-refractivity contribution in [2.75, 3.05) is 11.9 Å². The van der Waals surface area contributed by atoms with Crippen LogP contribution in [0.3, 0.4) is 0 Å². The Morgan fingerprint density at radius 2 is 2.04 bits per heavy atom. The van der Waals surface area contributed by atoms with Gasteiger partial charge in [0.25, 0.3) is 11.5 Å². The summed E-state index contributed by atoms with van der Waals surface area (Å²) in [4.78, 5) is 28.7. The van der Waals surface area contributed by atoms with Crippen molar-refractivity contribution in [2.45, 2.75) is 19.6 Å². The fourth-order valence-corrected chi connectivity index (χ4v) is 3.18. The minimum absolute atomic E-state index is 0.0670. The highest BCUT2D eigenvalue weighted by atomic mass is 32.1. The van der Waals surface area contributed by atoms with Gasteiger partial charge >= 0.3 is 6.18 Å². The Morgan fingerprint density at radius 3 is 2.75 bits per heavy atom. The second-order valence-electron chi connectivity index (χ2n) is 5.92. The number of carbonyl (C=O) groups excluding carboxylic acids is 1. The number of rotatable bonds is 5. The van der Waals surface area contributed by atoms with Crippen LogP contribution in [0.2, 0.25) is 0 Å². The van der Waals surface area contributed by atoms with Crippen LogP contribution >= 0.6 is 11.3 Å². The standard InChI is InChI=1S/C17H14F4N4O2S/c1-9-12(18)4-10(15(27)23-8-17(19,20)21)5-13(9)22-7-11-6-14(26)25-2-3-28-16(25)24-11/h2-6,22H,7-8H2,1H3,(H,23,27).